The molecule has 1 fully saturated rings. The topological polar surface area (TPSA) is 35.2 Å². The Morgan fingerprint density at radius 1 is 1.28 bits per heavy atom. The molecule has 1 saturated carbocycles. The van der Waals surface area contributed by atoms with Crippen molar-refractivity contribution in [3.05, 3.63) is 34.6 Å². The van der Waals surface area contributed by atoms with E-state index in [1.165, 1.54) is 25.3 Å². The van der Waals surface area contributed by atoms with E-state index in [9.17, 15) is 4.39 Å². The number of ether oxygens (including phenoxy) is 1. The van der Waals surface area contributed by atoms with E-state index < -0.39 is 5.82 Å². The lowest BCUT2D eigenvalue weighted by molar-refractivity contribution is 0.0194. The lowest BCUT2D eigenvalue weighted by Gasteiger charge is -2.21. The molecule has 2 unspecified atom stereocenters. The van der Waals surface area contributed by atoms with Crippen LogP contribution < -0.4 is 5.73 Å². The molecule has 2 nitrogen and oxygen atoms in total. The number of benzene rings is 1. The molecule has 0 radical (unpaired) electrons. The molecule has 0 amide bonds. The predicted molar refractivity (Wildman–Crippen MR) is 71.0 cm³/mol. The monoisotopic (exact) mass is 271 g/mol. The predicted octanol–water partition coefficient (Wildman–Crippen LogP) is 3.66. The molecule has 18 heavy (non-hydrogen) atoms. The molecule has 0 aromatic heterocycles. The summed E-state index contributed by atoms with van der Waals surface area (Å²) in [6.45, 7) is 0.443. The first kappa shape index (κ1) is 13.8. The zero-order valence-corrected chi connectivity index (χ0v) is 11.1. The molecule has 2 atom stereocenters. The van der Waals surface area contributed by atoms with Gasteiger partial charge < -0.3 is 10.5 Å². The summed E-state index contributed by atoms with van der Waals surface area (Å²) in [6, 6.07) is 4.79. The van der Waals surface area contributed by atoms with Gasteiger partial charge in [0.25, 0.3) is 0 Å². The third-order valence-electron chi connectivity index (χ3n) is 3.45. The fourth-order valence-corrected chi connectivity index (χ4v) is 2.55. The van der Waals surface area contributed by atoms with Gasteiger partial charge in [-0.25, -0.2) is 4.39 Å². The van der Waals surface area contributed by atoms with E-state index in [0.717, 1.165) is 18.4 Å². The van der Waals surface area contributed by atoms with Crippen molar-refractivity contribution in [3.63, 3.8) is 0 Å². The summed E-state index contributed by atoms with van der Waals surface area (Å²) in [7, 11) is 0. The molecule has 100 valence electrons. The Balaban J connectivity index is 1.91. The average molecular weight is 272 g/mol. The van der Waals surface area contributed by atoms with E-state index in [4.69, 9.17) is 22.1 Å². The second kappa shape index (κ2) is 6.50. The van der Waals surface area contributed by atoms with Crippen LogP contribution in [0.3, 0.4) is 0 Å². The third-order valence-corrected chi connectivity index (χ3v) is 3.74. The minimum absolute atomic E-state index is 0.108. The van der Waals surface area contributed by atoms with Crippen LogP contribution >= 0.6 is 11.6 Å². The zero-order valence-electron chi connectivity index (χ0n) is 10.4. The summed E-state index contributed by atoms with van der Waals surface area (Å²) in [5, 5.41) is 0.140. The highest BCUT2D eigenvalue weighted by molar-refractivity contribution is 6.30. The van der Waals surface area contributed by atoms with E-state index >= 15 is 0 Å². The van der Waals surface area contributed by atoms with Crippen LogP contribution in [-0.2, 0) is 11.3 Å². The molecule has 1 aliphatic rings. The average Bonchev–Trinajstić information content (AvgIpc) is 2.56. The Hall–Kier alpha value is -0.640. The molecule has 0 bridgehead atoms. The molecule has 0 heterocycles. The van der Waals surface area contributed by atoms with Gasteiger partial charge in [-0.2, -0.15) is 0 Å². The van der Waals surface area contributed by atoms with E-state index in [-0.39, 0.29) is 17.2 Å². The van der Waals surface area contributed by atoms with Crippen LogP contribution in [0.4, 0.5) is 4.39 Å². The SMILES string of the molecule is NC1CCCCCC1OCc1ccc(F)c(Cl)c1. The largest absolute Gasteiger partial charge is 0.372 e. The van der Waals surface area contributed by atoms with Crippen molar-refractivity contribution in [1.29, 1.82) is 0 Å². The van der Waals surface area contributed by atoms with Crippen molar-refractivity contribution < 1.29 is 9.13 Å². The van der Waals surface area contributed by atoms with Crippen LogP contribution in [0, 0.1) is 5.82 Å². The van der Waals surface area contributed by atoms with Crippen LogP contribution in [0.2, 0.25) is 5.02 Å². The van der Waals surface area contributed by atoms with Gasteiger partial charge in [0.15, 0.2) is 0 Å². The van der Waals surface area contributed by atoms with E-state index in [0.29, 0.717) is 6.61 Å². The lowest BCUT2D eigenvalue weighted by Crippen LogP contribution is -2.35. The first-order valence-electron chi connectivity index (χ1n) is 6.48. The smallest absolute Gasteiger partial charge is 0.141 e. The van der Waals surface area contributed by atoms with Crippen LogP contribution in [0.25, 0.3) is 0 Å². The summed E-state index contributed by atoms with van der Waals surface area (Å²) in [5.41, 5.74) is 6.97. The minimum atomic E-state index is -0.397. The highest BCUT2D eigenvalue weighted by Crippen LogP contribution is 2.22. The molecule has 2 rings (SSSR count). The second-order valence-corrected chi connectivity index (χ2v) is 5.31. The molecule has 0 spiro atoms. The van der Waals surface area contributed by atoms with Gasteiger partial charge in [0.1, 0.15) is 5.82 Å². The molecule has 0 saturated heterocycles. The number of rotatable bonds is 3. The quantitative estimate of drug-likeness (QED) is 0.852. The normalized spacial score (nSPS) is 24.8. The van der Waals surface area contributed by atoms with Crippen molar-refractivity contribution in [1.82, 2.24) is 0 Å². The maximum Gasteiger partial charge on any atom is 0.141 e. The Morgan fingerprint density at radius 3 is 2.83 bits per heavy atom. The Kier molecular flexibility index (Phi) is 4.98. The standard InChI is InChI=1S/C14H19ClFNO/c15-11-8-10(6-7-12(11)16)9-18-14-5-3-1-2-4-13(14)17/h6-8,13-14H,1-5,9,17H2. The third kappa shape index (κ3) is 3.67. The second-order valence-electron chi connectivity index (χ2n) is 4.90. The highest BCUT2D eigenvalue weighted by Gasteiger charge is 2.20. The van der Waals surface area contributed by atoms with Gasteiger partial charge in [-0.05, 0) is 30.5 Å². The number of hydrogen-bond acceptors (Lipinski definition) is 2. The van der Waals surface area contributed by atoms with Crippen LogP contribution in [0.1, 0.15) is 37.7 Å². The molecule has 1 aromatic carbocycles. The van der Waals surface area contributed by atoms with Gasteiger partial charge in [0.2, 0.25) is 0 Å². The van der Waals surface area contributed by atoms with Gasteiger partial charge in [-0.15, -0.1) is 0 Å². The van der Waals surface area contributed by atoms with E-state index in [1.807, 2.05) is 0 Å². The Labute approximate surface area is 112 Å². The molecule has 2 N–H and O–H groups in total. The molecule has 0 aliphatic heterocycles. The molecule has 1 aromatic rings. The minimum Gasteiger partial charge on any atom is -0.372 e. The Morgan fingerprint density at radius 2 is 2.06 bits per heavy atom. The lowest BCUT2D eigenvalue weighted by atomic mass is 10.1. The molecule has 1 aliphatic carbocycles. The number of halogens is 2. The summed E-state index contributed by atoms with van der Waals surface area (Å²) in [5.74, 6) is -0.397. The van der Waals surface area contributed by atoms with Crippen LogP contribution in [0.5, 0.6) is 0 Å². The van der Waals surface area contributed by atoms with Crippen LogP contribution in [-0.4, -0.2) is 12.1 Å². The maximum atomic E-state index is 13.0. The van der Waals surface area contributed by atoms with Crippen molar-refractivity contribution in [2.45, 2.75) is 50.9 Å². The number of hydrogen-bond donors (Lipinski definition) is 1. The molecular weight excluding hydrogens is 253 g/mol. The van der Waals surface area contributed by atoms with Crippen molar-refractivity contribution in [2.24, 2.45) is 5.73 Å². The summed E-state index contributed by atoms with van der Waals surface area (Å²) >= 11 is 5.73. The van der Waals surface area contributed by atoms with Crippen LogP contribution in [0.15, 0.2) is 18.2 Å². The first-order valence-corrected chi connectivity index (χ1v) is 6.86. The first-order chi connectivity index (χ1) is 8.66. The Bertz CT molecular complexity index is 399. The van der Waals surface area contributed by atoms with Gasteiger partial charge in [0.05, 0.1) is 17.7 Å². The van der Waals surface area contributed by atoms with Gasteiger partial charge in [-0.3, -0.25) is 0 Å². The molecule has 4 heteroatoms. The van der Waals surface area contributed by atoms with Crippen molar-refractivity contribution >= 4 is 11.6 Å². The highest BCUT2D eigenvalue weighted by atomic mass is 35.5. The summed E-state index contributed by atoms with van der Waals surface area (Å²) in [6.07, 6.45) is 5.73. The van der Waals surface area contributed by atoms with Gasteiger partial charge in [0, 0.05) is 6.04 Å². The number of nitrogens with two attached hydrogens (primary N) is 1. The van der Waals surface area contributed by atoms with Crippen molar-refractivity contribution in [2.75, 3.05) is 0 Å². The maximum absolute atomic E-state index is 13.0. The van der Waals surface area contributed by atoms with Crippen molar-refractivity contribution in [3.8, 4) is 0 Å². The van der Waals surface area contributed by atoms with Gasteiger partial charge in [-0.1, -0.05) is 36.9 Å². The fraction of sp³-hybridized carbons (Fsp3) is 0.571. The van der Waals surface area contributed by atoms with E-state index in [2.05, 4.69) is 0 Å². The molecular formula is C14H19ClFNO. The zero-order chi connectivity index (χ0) is 13.0. The summed E-state index contributed by atoms with van der Waals surface area (Å²) in [4.78, 5) is 0. The van der Waals surface area contributed by atoms with Gasteiger partial charge >= 0.3 is 0 Å². The summed E-state index contributed by atoms with van der Waals surface area (Å²) < 4.78 is 18.9. The van der Waals surface area contributed by atoms with E-state index in [1.54, 1.807) is 12.1 Å². The fourth-order valence-electron chi connectivity index (χ4n) is 2.34.